The molecule has 1 N–H and O–H groups in total. The molecule has 9 heteroatoms. The third-order valence-corrected chi connectivity index (χ3v) is 6.59. The van der Waals surface area contributed by atoms with Gasteiger partial charge in [-0.2, -0.15) is 0 Å². The predicted molar refractivity (Wildman–Crippen MR) is 114 cm³/mol. The van der Waals surface area contributed by atoms with Crippen LogP contribution in [0.4, 0.5) is 14.5 Å². The van der Waals surface area contributed by atoms with Gasteiger partial charge in [-0.05, 0) is 65.1 Å². The van der Waals surface area contributed by atoms with E-state index >= 15 is 0 Å². The summed E-state index contributed by atoms with van der Waals surface area (Å²) in [5.74, 6) is -1.29. The van der Waals surface area contributed by atoms with E-state index in [2.05, 4.69) is 4.72 Å². The predicted octanol–water partition coefficient (Wildman–Crippen LogP) is 5.17. The van der Waals surface area contributed by atoms with Crippen LogP contribution in [-0.4, -0.2) is 22.1 Å². The Morgan fingerprint density at radius 3 is 2.68 bits per heavy atom. The van der Waals surface area contributed by atoms with Gasteiger partial charge in [-0.1, -0.05) is 23.7 Å². The number of halogens is 3. The number of fused-ring (bicyclic) bond motifs is 6. The van der Waals surface area contributed by atoms with E-state index in [0.29, 0.717) is 29.7 Å². The van der Waals surface area contributed by atoms with Crippen LogP contribution in [-0.2, 0) is 27.8 Å². The quantitative estimate of drug-likeness (QED) is 0.538. The van der Waals surface area contributed by atoms with E-state index in [0.717, 1.165) is 11.6 Å². The second-order valence-electron chi connectivity index (χ2n) is 7.01. The summed E-state index contributed by atoms with van der Waals surface area (Å²) in [6, 6.07) is 11.2. The van der Waals surface area contributed by atoms with Crippen LogP contribution in [0.15, 0.2) is 53.4 Å². The fourth-order valence-corrected chi connectivity index (χ4v) is 5.16. The molecule has 1 aliphatic rings. The molecule has 0 amide bonds. The number of benzene rings is 3. The molecule has 5 nitrogen and oxygen atoms in total. The summed E-state index contributed by atoms with van der Waals surface area (Å²) in [6.45, 7) is 0.402. The zero-order valence-electron chi connectivity index (χ0n) is 16.4. The van der Waals surface area contributed by atoms with Crippen LogP contribution in [0.25, 0.3) is 11.1 Å². The molecule has 162 valence electrons. The second kappa shape index (κ2) is 8.45. The lowest BCUT2D eigenvalue weighted by Gasteiger charge is -2.17. The maximum absolute atomic E-state index is 14.5. The largest absolute Gasteiger partial charge is 0.494 e. The number of hydrogen-bond donors (Lipinski definition) is 1. The van der Waals surface area contributed by atoms with Crippen molar-refractivity contribution in [3.05, 3.63) is 76.3 Å². The van der Waals surface area contributed by atoms with Gasteiger partial charge in [0.25, 0.3) is 10.0 Å². The van der Waals surface area contributed by atoms with Gasteiger partial charge in [0.1, 0.15) is 16.5 Å². The number of rotatable bonds is 1. The first kappa shape index (κ1) is 21.5. The van der Waals surface area contributed by atoms with E-state index in [9.17, 15) is 17.2 Å². The molecule has 31 heavy (non-hydrogen) atoms. The van der Waals surface area contributed by atoms with Crippen molar-refractivity contribution in [2.24, 2.45) is 0 Å². The van der Waals surface area contributed by atoms with E-state index < -0.39 is 21.7 Å². The molecule has 0 fully saturated rings. The minimum atomic E-state index is -4.27. The van der Waals surface area contributed by atoms with Crippen LogP contribution in [0.5, 0.6) is 5.75 Å². The van der Waals surface area contributed by atoms with E-state index in [1.54, 1.807) is 12.1 Å². The molecular formula is C22H18ClF2NO4S. The fourth-order valence-electron chi connectivity index (χ4n) is 3.48. The highest BCUT2D eigenvalue weighted by Gasteiger charge is 2.25. The molecule has 0 atom stereocenters. The highest BCUT2D eigenvalue weighted by molar-refractivity contribution is 7.92. The molecule has 3 aromatic rings. The minimum Gasteiger partial charge on any atom is -0.494 e. The summed E-state index contributed by atoms with van der Waals surface area (Å²) in [6.07, 6.45) is 0.477. The van der Waals surface area contributed by atoms with Crippen LogP contribution in [0, 0.1) is 11.6 Å². The Hall–Kier alpha value is -2.68. The highest BCUT2D eigenvalue weighted by Crippen LogP contribution is 2.36. The monoisotopic (exact) mass is 465 g/mol. The van der Waals surface area contributed by atoms with E-state index in [4.69, 9.17) is 21.1 Å². The van der Waals surface area contributed by atoms with Gasteiger partial charge in [-0.3, -0.25) is 4.72 Å². The van der Waals surface area contributed by atoms with Gasteiger partial charge >= 0.3 is 0 Å². The van der Waals surface area contributed by atoms with Crippen molar-refractivity contribution < 1.29 is 26.7 Å². The van der Waals surface area contributed by atoms with Crippen LogP contribution in [0.3, 0.4) is 0 Å². The minimum absolute atomic E-state index is 0.0611. The first-order chi connectivity index (χ1) is 14.8. The summed E-state index contributed by atoms with van der Waals surface area (Å²) in [4.78, 5) is -0.241. The van der Waals surface area contributed by atoms with Gasteiger partial charge in [0.15, 0.2) is 5.75 Å². The van der Waals surface area contributed by atoms with E-state index in [-0.39, 0.29) is 28.0 Å². The second-order valence-corrected chi connectivity index (χ2v) is 9.07. The first-order valence-electron chi connectivity index (χ1n) is 9.34. The molecule has 3 aromatic carbocycles. The van der Waals surface area contributed by atoms with Crippen molar-refractivity contribution in [3.8, 4) is 16.9 Å². The third-order valence-electron chi connectivity index (χ3n) is 4.94. The molecular weight excluding hydrogens is 448 g/mol. The molecule has 1 aliphatic heterocycles. The van der Waals surface area contributed by atoms with Crippen LogP contribution in [0.2, 0.25) is 5.02 Å². The molecule has 4 rings (SSSR count). The van der Waals surface area contributed by atoms with Crippen molar-refractivity contribution in [1.29, 1.82) is 0 Å². The number of ether oxygens (including phenoxy) is 2. The fraction of sp³-hybridized carbons (Fsp3) is 0.182. The van der Waals surface area contributed by atoms with Crippen molar-refractivity contribution in [1.82, 2.24) is 0 Å². The van der Waals surface area contributed by atoms with Crippen molar-refractivity contribution in [3.63, 3.8) is 0 Å². The number of methoxy groups -OCH3 is 1. The lowest BCUT2D eigenvalue weighted by atomic mass is 9.97. The molecule has 0 unspecified atom stereocenters. The standard InChI is InChI=1S/C22H18ClF2NO4S/c1-29-22-18(23)8-13-9-21(22)31(27,28)26-20-10-15(3-5-19(20)25)17-11-16(24)4-2-14(17)6-7-30-12-13/h2-5,8-11,26H,6-7,12H2,1H3. The Balaban J connectivity index is 1.91. The van der Waals surface area contributed by atoms with Crippen molar-refractivity contribution >= 4 is 27.3 Å². The SMILES string of the molecule is COc1c(Cl)cc2cc1S(=O)(=O)Nc1cc(ccc1F)-c1cc(F)ccc1CCOC2. The van der Waals surface area contributed by atoms with Crippen molar-refractivity contribution in [2.75, 3.05) is 18.4 Å². The maximum Gasteiger partial charge on any atom is 0.265 e. The summed E-state index contributed by atoms with van der Waals surface area (Å²) in [5, 5.41) is 0.0890. The average molecular weight is 466 g/mol. The van der Waals surface area contributed by atoms with Crippen LogP contribution in [0.1, 0.15) is 11.1 Å². The number of anilines is 1. The Labute approximate surface area is 183 Å². The summed E-state index contributed by atoms with van der Waals surface area (Å²) in [7, 11) is -2.98. The molecule has 0 radical (unpaired) electrons. The first-order valence-corrected chi connectivity index (χ1v) is 11.2. The molecule has 0 saturated heterocycles. The van der Waals surface area contributed by atoms with Crippen molar-refractivity contribution in [2.45, 2.75) is 17.9 Å². The van der Waals surface area contributed by atoms with E-state index in [1.165, 1.54) is 37.4 Å². The van der Waals surface area contributed by atoms with E-state index in [1.807, 2.05) is 0 Å². The number of sulfonamides is 1. The Bertz CT molecular complexity index is 1260. The Kier molecular flexibility index (Phi) is 5.88. The zero-order valence-corrected chi connectivity index (χ0v) is 18.0. The topological polar surface area (TPSA) is 64.6 Å². The maximum atomic E-state index is 14.5. The summed E-state index contributed by atoms with van der Waals surface area (Å²) in [5.41, 5.74) is 2.01. The molecule has 4 bridgehead atoms. The van der Waals surface area contributed by atoms with Gasteiger partial charge in [0, 0.05) is 0 Å². The van der Waals surface area contributed by atoms with Gasteiger partial charge < -0.3 is 9.47 Å². The molecule has 1 heterocycles. The highest BCUT2D eigenvalue weighted by atomic mass is 35.5. The van der Waals surface area contributed by atoms with Gasteiger partial charge in [-0.25, -0.2) is 17.2 Å². The third kappa shape index (κ3) is 4.37. The summed E-state index contributed by atoms with van der Waals surface area (Å²) >= 11 is 6.22. The lowest BCUT2D eigenvalue weighted by molar-refractivity contribution is 0.123. The van der Waals surface area contributed by atoms with Gasteiger partial charge in [0.2, 0.25) is 0 Å². The lowest BCUT2D eigenvalue weighted by Crippen LogP contribution is -2.16. The number of hydrogen-bond acceptors (Lipinski definition) is 4. The van der Waals surface area contributed by atoms with Gasteiger partial charge in [0.05, 0.1) is 31.0 Å². The number of nitrogens with one attached hydrogen (secondary N) is 1. The molecule has 0 spiro atoms. The smallest absolute Gasteiger partial charge is 0.265 e. The Morgan fingerprint density at radius 2 is 1.90 bits per heavy atom. The van der Waals surface area contributed by atoms with Gasteiger partial charge in [-0.15, -0.1) is 0 Å². The van der Waals surface area contributed by atoms with Crippen LogP contribution < -0.4 is 9.46 Å². The Morgan fingerprint density at radius 1 is 1.10 bits per heavy atom. The summed E-state index contributed by atoms with van der Waals surface area (Å²) < 4.78 is 67.8. The molecule has 0 aliphatic carbocycles. The molecule has 0 aromatic heterocycles. The zero-order chi connectivity index (χ0) is 22.2. The molecule has 0 saturated carbocycles. The normalized spacial score (nSPS) is 15.4. The average Bonchev–Trinajstić information content (AvgIpc) is 2.72. The van der Waals surface area contributed by atoms with Crippen LogP contribution >= 0.6 is 11.6 Å².